The fraction of sp³-hybridized carbons (Fsp3) is 0.636. The van der Waals surface area contributed by atoms with Crippen LogP contribution in [-0.2, 0) is 0 Å². The SMILES string of the molecule is NCC1CCCC1COc1ncc(F)cn1. The summed E-state index contributed by atoms with van der Waals surface area (Å²) in [5.41, 5.74) is 5.68. The number of aromatic nitrogens is 2. The number of hydrogen-bond donors (Lipinski definition) is 1. The Labute approximate surface area is 94.0 Å². The summed E-state index contributed by atoms with van der Waals surface area (Å²) in [6.07, 6.45) is 5.74. The molecule has 0 spiro atoms. The first-order chi connectivity index (χ1) is 7.79. The Bertz CT molecular complexity index is 331. The zero-order valence-corrected chi connectivity index (χ0v) is 9.10. The number of hydrogen-bond acceptors (Lipinski definition) is 4. The monoisotopic (exact) mass is 225 g/mol. The van der Waals surface area contributed by atoms with Crippen molar-refractivity contribution in [2.24, 2.45) is 17.6 Å². The summed E-state index contributed by atoms with van der Waals surface area (Å²) in [7, 11) is 0. The van der Waals surface area contributed by atoms with Gasteiger partial charge in [-0.1, -0.05) is 6.42 Å². The fourth-order valence-corrected chi connectivity index (χ4v) is 2.20. The molecule has 1 aliphatic carbocycles. The molecule has 1 fully saturated rings. The molecule has 16 heavy (non-hydrogen) atoms. The summed E-state index contributed by atoms with van der Waals surface area (Å²) in [4.78, 5) is 7.50. The van der Waals surface area contributed by atoms with E-state index in [0.29, 0.717) is 25.0 Å². The number of nitrogens with two attached hydrogens (primary N) is 1. The van der Waals surface area contributed by atoms with E-state index < -0.39 is 5.82 Å². The molecular weight excluding hydrogens is 209 g/mol. The van der Waals surface area contributed by atoms with Gasteiger partial charge >= 0.3 is 6.01 Å². The molecule has 0 amide bonds. The number of rotatable bonds is 4. The Hall–Kier alpha value is -1.23. The molecule has 1 aromatic rings. The van der Waals surface area contributed by atoms with Crippen molar-refractivity contribution in [3.05, 3.63) is 18.2 Å². The third-order valence-corrected chi connectivity index (χ3v) is 3.14. The van der Waals surface area contributed by atoms with Gasteiger partial charge < -0.3 is 10.5 Å². The molecule has 2 unspecified atom stereocenters. The van der Waals surface area contributed by atoms with Gasteiger partial charge in [0.25, 0.3) is 0 Å². The molecule has 5 heteroatoms. The second-order valence-electron chi connectivity index (χ2n) is 4.18. The van der Waals surface area contributed by atoms with Crippen LogP contribution in [-0.4, -0.2) is 23.1 Å². The van der Waals surface area contributed by atoms with Crippen molar-refractivity contribution in [1.29, 1.82) is 0 Å². The summed E-state index contributed by atoms with van der Waals surface area (Å²) >= 11 is 0. The van der Waals surface area contributed by atoms with E-state index in [4.69, 9.17) is 10.5 Å². The molecule has 0 radical (unpaired) electrons. The summed E-state index contributed by atoms with van der Waals surface area (Å²) in [6, 6.07) is 0.240. The Morgan fingerprint density at radius 1 is 1.31 bits per heavy atom. The lowest BCUT2D eigenvalue weighted by Crippen LogP contribution is -2.23. The van der Waals surface area contributed by atoms with E-state index in [9.17, 15) is 4.39 Å². The largest absolute Gasteiger partial charge is 0.463 e. The normalized spacial score (nSPS) is 24.6. The zero-order valence-electron chi connectivity index (χ0n) is 9.10. The molecule has 2 N–H and O–H groups in total. The third kappa shape index (κ3) is 2.66. The van der Waals surface area contributed by atoms with Crippen molar-refractivity contribution in [3.8, 4) is 6.01 Å². The van der Waals surface area contributed by atoms with Crippen LogP contribution in [0.4, 0.5) is 4.39 Å². The second kappa shape index (κ2) is 5.21. The lowest BCUT2D eigenvalue weighted by Gasteiger charge is -2.17. The standard InChI is InChI=1S/C11H16FN3O/c12-10-5-14-11(15-6-10)16-7-9-3-1-2-8(9)4-13/h5-6,8-9H,1-4,7,13H2. The molecule has 0 bridgehead atoms. The number of halogens is 1. The van der Waals surface area contributed by atoms with Gasteiger partial charge in [0, 0.05) is 0 Å². The highest BCUT2D eigenvalue weighted by Crippen LogP contribution is 2.30. The van der Waals surface area contributed by atoms with Crippen LogP contribution in [0.15, 0.2) is 12.4 Å². The maximum absolute atomic E-state index is 12.5. The predicted octanol–water partition coefficient (Wildman–Crippen LogP) is 1.37. The van der Waals surface area contributed by atoms with Crippen molar-refractivity contribution >= 4 is 0 Å². The van der Waals surface area contributed by atoms with Crippen LogP contribution in [0.25, 0.3) is 0 Å². The van der Waals surface area contributed by atoms with E-state index in [-0.39, 0.29) is 6.01 Å². The van der Waals surface area contributed by atoms with Gasteiger partial charge in [-0.25, -0.2) is 14.4 Å². The predicted molar refractivity (Wildman–Crippen MR) is 57.4 cm³/mol. The first-order valence-electron chi connectivity index (χ1n) is 5.60. The summed E-state index contributed by atoms with van der Waals surface area (Å²) in [6.45, 7) is 1.28. The van der Waals surface area contributed by atoms with Gasteiger partial charge in [0.05, 0.1) is 19.0 Å². The second-order valence-corrected chi connectivity index (χ2v) is 4.18. The fourth-order valence-electron chi connectivity index (χ4n) is 2.20. The van der Waals surface area contributed by atoms with E-state index in [0.717, 1.165) is 18.8 Å². The van der Waals surface area contributed by atoms with Crippen LogP contribution >= 0.6 is 0 Å². The van der Waals surface area contributed by atoms with E-state index in [1.54, 1.807) is 0 Å². The first-order valence-corrected chi connectivity index (χ1v) is 5.60. The molecule has 1 saturated carbocycles. The van der Waals surface area contributed by atoms with Crippen molar-refractivity contribution in [2.75, 3.05) is 13.2 Å². The molecule has 0 aromatic carbocycles. The lowest BCUT2D eigenvalue weighted by molar-refractivity contribution is 0.202. The van der Waals surface area contributed by atoms with Gasteiger partial charge in [0.15, 0.2) is 5.82 Å². The Kier molecular flexibility index (Phi) is 3.66. The Morgan fingerprint density at radius 3 is 2.69 bits per heavy atom. The first kappa shape index (κ1) is 11.3. The Balaban J connectivity index is 1.85. The molecule has 4 nitrogen and oxygen atoms in total. The van der Waals surface area contributed by atoms with E-state index >= 15 is 0 Å². The van der Waals surface area contributed by atoms with Gasteiger partial charge in [-0.15, -0.1) is 0 Å². The highest BCUT2D eigenvalue weighted by Gasteiger charge is 2.26. The molecule has 0 aliphatic heterocycles. The van der Waals surface area contributed by atoms with Gasteiger partial charge in [-0.2, -0.15) is 0 Å². The van der Waals surface area contributed by atoms with Crippen LogP contribution in [0.1, 0.15) is 19.3 Å². The highest BCUT2D eigenvalue weighted by atomic mass is 19.1. The minimum atomic E-state index is -0.451. The van der Waals surface area contributed by atoms with E-state index in [1.807, 2.05) is 0 Å². The van der Waals surface area contributed by atoms with Crippen LogP contribution in [0.3, 0.4) is 0 Å². The van der Waals surface area contributed by atoms with Crippen LogP contribution < -0.4 is 10.5 Å². The van der Waals surface area contributed by atoms with Crippen LogP contribution in [0.5, 0.6) is 6.01 Å². The van der Waals surface area contributed by atoms with Gasteiger partial charge in [0.1, 0.15) is 0 Å². The molecule has 1 aliphatic rings. The molecule has 0 saturated heterocycles. The molecule has 2 rings (SSSR count). The van der Waals surface area contributed by atoms with Gasteiger partial charge in [0.2, 0.25) is 0 Å². The van der Waals surface area contributed by atoms with Crippen LogP contribution in [0.2, 0.25) is 0 Å². The van der Waals surface area contributed by atoms with E-state index in [2.05, 4.69) is 9.97 Å². The lowest BCUT2D eigenvalue weighted by atomic mass is 9.97. The minimum Gasteiger partial charge on any atom is -0.463 e. The molecule has 2 atom stereocenters. The molecule has 1 heterocycles. The molecule has 1 aromatic heterocycles. The van der Waals surface area contributed by atoms with Crippen molar-refractivity contribution in [1.82, 2.24) is 9.97 Å². The van der Waals surface area contributed by atoms with Gasteiger partial charge in [-0.05, 0) is 31.2 Å². The maximum Gasteiger partial charge on any atom is 0.316 e. The summed E-state index contributed by atoms with van der Waals surface area (Å²) in [5, 5.41) is 0. The average Bonchev–Trinajstić information content (AvgIpc) is 2.76. The topological polar surface area (TPSA) is 61.0 Å². The van der Waals surface area contributed by atoms with Gasteiger partial charge in [-0.3, -0.25) is 0 Å². The maximum atomic E-state index is 12.5. The highest BCUT2D eigenvalue weighted by molar-refractivity contribution is 4.96. The third-order valence-electron chi connectivity index (χ3n) is 3.14. The number of ether oxygens (including phenoxy) is 1. The summed E-state index contributed by atoms with van der Waals surface area (Å²) in [5.74, 6) is 0.576. The average molecular weight is 225 g/mol. The van der Waals surface area contributed by atoms with Crippen molar-refractivity contribution in [3.63, 3.8) is 0 Å². The molecular formula is C11H16FN3O. The summed E-state index contributed by atoms with van der Waals surface area (Å²) < 4.78 is 18.0. The van der Waals surface area contributed by atoms with E-state index in [1.165, 1.54) is 12.8 Å². The number of nitrogens with zero attached hydrogens (tertiary/aromatic N) is 2. The quantitative estimate of drug-likeness (QED) is 0.840. The van der Waals surface area contributed by atoms with Crippen molar-refractivity contribution in [2.45, 2.75) is 19.3 Å². The van der Waals surface area contributed by atoms with Crippen LogP contribution in [0, 0.1) is 17.7 Å². The zero-order chi connectivity index (χ0) is 11.4. The Morgan fingerprint density at radius 2 is 2.00 bits per heavy atom. The van der Waals surface area contributed by atoms with Crippen molar-refractivity contribution < 1.29 is 9.13 Å². The minimum absolute atomic E-state index is 0.240. The molecule has 88 valence electrons. The smallest absolute Gasteiger partial charge is 0.316 e.